The summed E-state index contributed by atoms with van der Waals surface area (Å²) in [6.07, 6.45) is -0.183. The fourth-order valence-corrected chi connectivity index (χ4v) is 5.45. The maximum absolute atomic E-state index is 13.6. The van der Waals surface area contributed by atoms with Crippen molar-refractivity contribution in [1.82, 2.24) is 5.32 Å². The third-order valence-electron chi connectivity index (χ3n) is 5.56. The Labute approximate surface area is 218 Å². The minimum Gasteiger partial charge on any atom is -0.461 e. The fraction of sp³-hybridized carbons (Fsp3) is 0.310. The molecule has 3 aromatic rings. The second-order valence-corrected chi connectivity index (χ2v) is 10.6. The van der Waals surface area contributed by atoms with Gasteiger partial charge >= 0.3 is 13.6 Å². The average molecular weight is 524 g/mol. The smallest absolute Gasteiger partial charge is 0.331 e. The van der Waals surface area contributed by atoms with Crippen LogP contribution in [0.25, 0.3) is 0 Å². The van der Waals surface area contributed by atoms with E-state index in [2.05, 4.69) is 5.32 Å². The average Bonchev–Trinajstić information content (AvgIpc) is 2.92. The van der Waals surface area contributed by atoms with Crippen LogP contribution < -0.4 is 5.32 Å². The Kier molecular flexibility index (Phi) is 11.6. The van der Waals surface area contributed by atoms with Gasteiger partial charge in [0.2, 0.25) is 5.91 Å². The predicted octanol–water partition coefficient (Wildman–Crippen LogP) is 5.34. The molecule has 2 atom stereocenters. The van der Waals surface area contributed by atoms with E-state index >= 15 is 0 Å². The molecule has 3 aromatic carbocycles. The van der Waals surface area contributed by atoms with Gasteiger partial charge in [-0.05, 0) is 30.0 Å². The van der Waals surface area contributed by atoms with Crippen LogP contribution in [0.15, 0.2) is 91.0 Å². The van der Waals surface area contributed by atoms with Crippen molar-refractivity contribution in [2.24, 2.45) is 0 Å². The van der Waals surface area contributed by atoms with E-state index < -0.39 is 25.6 Å². The van der Waals surface area contributed by atoms with Crippen molar-refractivity contribution in [3.05, 3.63) is 108 Å². The van der Waals surface area contributed by atoms with Crippen molar-refractivity contribution in [2.45, 2.75) is 38.9 Å². The van der Waals surface area contributed by atoms with Crippen molar-refractivity contribution < 1.29 is 27.9 Å². The van der Waals surface area contributed by atoms with E-state index in [4.69, 9.17) is 13.8 Å². The van der Waals surface area contributed by atoms with Gasteiger partial charge < -0.3 is 14.6 Å². The van der Waals surface area contributed by atoms with Gasteiger partial charge in [0.15, 0.2) is 0 Å². The molecule has 196 valence electrons. The summed E-state index contributed by atoms with van der Waals surface area (Å²) in [5.41, 5.74) is 2.75. The second kappa shape index (κ2) is 15.1. The van der Waals surface area contributed by atoms with E-state index in [1.54, 1.807) is 6.92 Å². The van der Waals surface area contributed by atoms with E-state index in [-0.39, 0.29) is 38.8 Å². The Balaban J connectivity index is 1.60. The normalized spacial score (nSPS) is 13.3. The molecular weight excluding hydrogens is 489 g/mol. The van der Waals surface area contributed by atoms with E-state index in [0.29, 0.717) is 6.42 Å². The van der Waals surface area contributed by atoms with E-state index in [1.807, 2.05) is 91.0 Å². The summed E-state index contributed by atoms with van der Waals surface area (Å²) in [5, 5.41) is 2.73. The topological polar surface area (TPSA) is 90.9 Å². The van der Waals surface area contributed by atoms with E-state index in [0.717, 1.165) is 16.7 Å². The van der Waals surface area contributed by atoms with Crippen LogP contribution in [0.3, 0.4) is 0 Å². The standard InChI is InChI=1S/C29H34NO6P/c1-2-35-37(33,21-19-24-12-6-3-7-13-24)36-27(22-25-14-8-4-9-15-25)29(32)30-20-18-28(31)34-23-26-16-10-5-11-17-26/h3-17,27H,2,18-23H2,1H3,(H,30,32)/t27-,37?/m0/s1. The molecule has 1 N–H and O–H groups in total. The van der Waals surface area contributed by atoms with Crippen molar-refractivity contribution in [3.63, 3.8) is 0 Å². The molecule has 0 saturated carbocycles. The zero-order chi connectivity index (χ0) is 26.3. The monoisotopic (exact) mass is 523 g/mol. The molecule has 0 bridgehead atoms. The van der Waals surface area contributed by atoms with Crippen LogP contribution in [-0.4, -0.2) is 37.3 Å². The first-order valence-corrected chi connectivity index (χ1v) is 14.2. The molecular formula is C29H34NO6P. The number of benzene rings is 3. The summed E-state index contributed by atoms with van der Waals surface area (Å²) in [5.74, 6) is -0.883. The number of esters is 1. The molecule has 0 heterocycles. The number of hydrogen-bond acceptors (Lipinski definition) is 6. The van der Waals surface area contributed by atoms with Gasteiger partial charge in [-0.1, -0.05) is 91.0 Å². The Hall–Kier alpha value is -3.25. The summed E-state index contributed by atoms with van der Waals surface area (Å²) in [6, 6.07) is 28.4. The summed E-state index contributed by atoms with van der Waals surface area (Å²) in [6.45, 7) is 2.18. The van der Waals surface area contributed by atoms with Crippen molar-refractivity contribution in [1.29, 1.82) is 0 Å². The van der Waals surface area contributed by atoms with Gasteiger partial charge in [-0.3, -0.25) is 18.7 Å². The van der Waals surface area contributed by atoms with Crippen LogP contribution in [0, 0.1) is 0 Å². The molecule has 0 fully saturated rings. The largest absolute Gasteiger partial charge is 0.461 e. The van der Waals surface area contributed by atoms with Gasteiger partial charge in [-0.15, -0.1) is 0 Å². The van der Waals surface area contributed by atoms with Crippen LogP contribution in [0.1, 0.15) is 30.0 Å². The number of hydrogen-bond donors (Lipinski definition) is 1. The molecule has 0 aliphatic rings. The number of amides is 1. The summed E-state index contributed by atoms with van der Waals surface area (Å²) < 4.78 is 30.4. The van der Waals surface area contributed by atoms with Crippen molar-refractivity contribution in [3.8, 4) is 0 Å². The van der Waals surface area contributed by atoms with E-state index in [9.17, 15) is 14.2 Å². The molecule has 0 radical (unpaired) electrons. The molecule has 0 saturated heterocycles. The van der Waals surface area contributed by atoms with Crippen LogP contribution in [0.4, 0.5) is 0 Å². The Morgan fingerprint density at radius 3 is 2.00 bits per heavy atom. The van der Waals surface area contributed by atoms with Crippen LogP contribution in [0.2, 0.25) is 0 Å². The third kappa shape index (κ3) is 10.3. The molecule has 0 aliphatic carbocycles. The Bertz CT molecular complexity index is 1140. The molecule has 3 rings (SSSR count). The second-order valence-electron chi connectivity index (χ2n) is 8.46. The first-order valence-electron chi connectivity index (χ1n) is 12.4. The molecule has 0 spiro atoms. The third-order valence-corrected chi connectivity index (χ3v) is 7.56. The minimum absolute atomic E-state index is 0.00770. The minimum atomic E-state index is -3.58. The van der Waals surface area contributed by atoms with Crippen LogP contribution in [-0.2, 0) is 47.4 Å². The molecule has 1 unspecified atom stereocenters. The maximum Gasteiger partial charge on any atom is 0.331 e. The van der Waals surface area contributed by atoms with Gasteiger partial charge in [0.05, 0.1) is 19.2 Å². The number of ether oxygens (including phenoxy) is 1. The summed E-state index contributed by atoms with van der Waals surface area (Å²) in [7, 11) is -3.58. The predicted molar refractivity (Wildman–Crippen MR) is 143 cm³/mol. The molecule has 0 aromatic heterocycles. The number of carbonyl (C=O) groups excluding carboxylic acids is 2. The molecule has 8 heteroatoms. The lowest BCUT2D eigenvalue weighted by Gasteiger charge is -2.24. The van der Waals surface area contributed by atoms with Gasteiger partial charge in [0, 0.05) is 13.0 Å². The Morgan fingerprint density at radius 2 is 1.41 bits per heavy atom. The number of nitrogens with one attached hydrogen (secondary N) is 1. The summed E-state index contributed by atoms with van der Waals surface area (Å²) in [4.78, 5) is 25.2. The summed E-state index contributed by atoms with van der Waals surface area (Å²) >= 11 is 0. The van der Waals surface area contributed by atoms with Crippen LogP contribution in [0.5, 0.6) is 0 Å². The number of carbonyl (C=O) groups is 2. The Morgan fingerprint density at radius 1 is 0.838 bits per heavy atom. The maximum atomic E-state index is 13.6. The van der Waals surface area contributed by atoms with Crippen molar-refractivity contribution >= 4 is 19.5 Å². The molecule has 7 nitrogen and oxygen atoms in total. The molecule has 1 amide bonds. The highest BCUT2D eigenvalue weighted by Crippen LogP contribution is 2.50. The number of rotatable bonds is 15. The zero-order valence-corrected chi connectivity index (χ0v) is 22.0. The van der Waals surface area contributed by atoms with Crippen molar-refractivity contribution in [2.75, 3.05) is 19.3 Å². The SMILES string of the molecule is CCOP(=O)(CCc1ccccc1)O[C@@H](Cc1ccccc1)C(=O)NCCC(=O)OCc1ccccc1. The fourth-order valence-electron chi connectivity index (χ4n) is 3.67. The van der Waals surface area contributed by atoms with Gasteiger partial charge in [-0.25, -0.2) is 0 Å². The highest BCUT2D eigenvalue weighted by atomic mass is 31.2. The lowest BCUT2D eigenvalue weighted by Crippen LogP contribution is -2.38. The quantitative estimate of drug-likeness (QED) is 0.214. The van der Waals surface area contributed by atoms with Gasteiger partial charge in [0.25, 0.3) is 0 Å². The zero-order valence-electron chi connectivity index (χ0n) is 21.1. The van der Waals surface area contributed by atoms with Crippen LogP contribution >= 0.6 is 7.60 Å². The van der Waals surface area contributed by atoms with E-state index in [1.165, 1.54) is 0 Å². The number of aryl methyl sites for hydroxylation is 1. The molecule has 0 aliphatic heterocycles. The highest BCUT2D eigenvalue weighted by molar-refractivity contribution is 7.53. The molecule has 37 heavy (non-hydrogen) atoms. The first-order chi connectivity index (χ1) is 18.0. The van der Waals surface area contributed by atoms with Gasteiger partial charge in [-0.2, -0.15) is 0 Å². The van der Waals surface area contributed by atoms with Gasteiger partial charge in [0.1, 0.15) is 12.7 Å². The lowest BCUT2D eigenvalue weighted by atomic mass is 10.1. The lowest BCUT2D eigenvalue weighted by molar-refractivity contribution is -0.144. The highest BCUT2D eigenvalue weighted by Gasteiger charge is 2.32. The first kappa shape index (κ1) is 28.3.